The maximum absolute atomic E-state index is 12.5. The van der Waals surface area contributed by atoms with E-state index in [-0.39, 0.29) is 11.6 Å². The number of nitrogens with one attached hydrogen (secondary N) is 1. The quantitative estimate of drug-likeness (QED) is 0.620. The minimum absolute atomic E-state index is 0.245. The Kier molecular flexibility index (Phi) is 5.36. The monoisotopic (exact) mass is 456 g/mol. The summed E-state index contributed by atoms with van der Waals surface area (Å²) in [5.41, 5.74) is 2.29. The van der Waals surface area contributed by atoms with E-state index in [1.165, 1.54) is 0 Å². The largest absolute Gasteiger partial charge is 0.347 e. The topological polar surface area (TPSA) is 71.0 Å². The molecule has 6 nitrogen and oxygen atoms in total. The fourth-order valence-electron chi connectivity index (χ4n) is 4.29. The summed E-state index contributed by atoms with van der Waals surface area (Å²) in [4.78, 5) is 26.8. The van der Waals surface area contributed by atoms with Gasteiger partial charge in [-0.2, -0.15) is 5.10 Å². The normalized spacial score (nSPS) is 18.5. The first-order chi connectivity index (χ1) is 15.0. The lowest BCUT2D eigenvalue weighted by atomic mass is 10.0. The van der Waals surface area contributed by atoms with Crippen LogP contribution in [-0.4, -0.2) is 38.7 Å². The summed E-state index contributed by atoms with van der Waals surface area (Å²) < 4.78 is 1.61. The van der Waals surface area contributed by atoms with E-state index in [0.717, 1.165) is 49.2 Å². The first-order valence-corrected chi connectivity index (χ1v) is 11.3. The summed E-state index contributed by atoms with van der Waals surface area (Å²) in [5, 5.41) is 8.00. The summed E-state index contributed by atoms with van der Waals surface area (Å²) in [6, 6.07) is 13.0. The van der Waals surface area contributed by atoms with Gasteiger partial charge in [-0.1, -0.05) is 41.4 Å². The number of likely N-dealkylation sites (tertiary alicyclic amines) is 1. The number of hydrogen-bond acceptors (Lipinski definition) is 3. The minimum atomic E-state index is -0.267. The Morgan fingerprint density at radius 3 is 2.58 bits per heavy atom. The Labute approximate surface area is 189 Å². The maximum Gasteiger partial charge on any atom is 0.347 e. The zero-order valence-electron chi connectivity index (χ0n) is 16.9. The molecule has 1 atom stereocenters. The van der Waals surface area contributed by atoms with Crippen molar-refractivity contribution in [2.75, 3.05) is 13.1 Å². The summed E-state index contributed by atoms with van der Waals surface area (Å²) in [7, 11) is 0. The van der Waals surface area contributed by atoms with Crippen LogP contribution in [0.15, 0.2) is 47.3 Å². The van der Waals surface area contributed by atoms with Crippen molar-refractivity contribution < 1.29 is 4.79 Å². The van der Waals surface area contributed by atoms with Gasteiger partial charge in [0.1, 0.15) is 5.82 Å². The zero-order chi connectivity index (χ0) is 21.5. The molecule has 1 amide bonds. The fourth-order valence-corrected chi connectivity index (χ4v) is 4.81. The van der Waals surface area contributed by atoms with Crippen LogP contribution in [-0.2, 0) is 11.2 Å². The van der Waals surface area contributed by atoms with Gasteiger partial charge in [0.25, 0.3) is 0 Å². The second-order valence-corrected chi connectivity index (χ2v) is 9.21. The molecule has 0 spiro atoms. The summed E-state index contributed by atoms with van der Waals surface area (Å²) in [5.74, 6) is 1.53. The average molecular weight is 457 g/mol. The molecular formula is C23H22Cl2N4O2. The lowest BCUT2D eigenvalue weighted by Gasteiger charge is -2.16. The van der Waals surface area contributed by atoms with Gasteiger partial charge in [-0.05, 0) is 55.0 Å². The molecule has 5 rings (SSSR count). The molecule has 2 heterocycles. The van der Waals surface area contributed by atoms with Gasteiger partial charge >= 0.3 is 5.69 Å². The van der Waals surface area contributed by atoms with E-state index in [1.807, 2.05) is 35.2 Å². The fraction of sp³-hybridized carbons (Fsp3) is 0.348. The van der Waals surface area contributed by atoms with Crippen molar-refractivity contribution in [1.82, 2.24) is 19.7 Å². The average Bonchev–Trinajstić information content (AvgIpc) is 3.40. The molecule has 0 bridgehead atoms. The number of H-pyrrole nitrogens is 1. The van der Waals surface area contributed by atoms with Gasteiger partial charge in [0.2, 0.25) is 5.91 Å². The number of carbonyl (C=O) groups excluding carboxylic acids is 1. The number of hydrogen-bond donors (Lipinski definition) is 1. The molecule has 3 aromatic rings. The molecule has 0 radical (unpaired) electrons. The predicted octanol–water partition coefficient (Wildman–Crippen LogP) is 4.34. The molecule has 31 heavy (non-hydrogen) atoms. The SMILES string of the molecule is O=C(C1CC1)N1CCC(Cc2n[nH]c(=O)n2-c2ccc(-c3ccc(Cl)cc3Cl)cc2)C1. The highest BCUT2D eigenvalue weighted by atomic mass is 35.5. The first kappa shape index (κ1) is 20.3. The van der Waals surface area contributed by atoms with Crippen LogP contribution in [0.1, 0.15) is 25.1 Å². The molecule has 8 heteroatoms. The molecule has 1 N–H and O–H groups in total. The second kappa shape index (κ2) is 8.17. The van der Waals surface area contributed by atoms with Gasteiger partial charge in [0.15, 0.2) is 0 Å². The van der Waals surface area contributed by atoms with Gasteiger partial charge in [0.05, 0.1) is 5.69 Å². The van der Waals surface area contributed by atoms with E-state index in [2.05, 4.69) is 10.2 Å². The van der Waals surface area contributed by atoms with Crippen molar-refractivity contribution in [3.63, 3.8) is 0 Å². The number of aromatic amines is 1. The van der Waals surface area contributed by atoms with Crippen LogP contribution >= 0.6 is 23.2 Å². The van der Waals surface area contributed by atoms with E-state index in [0.29, 0.717) is 34.1 Å². The van der Waals surface area contributed by atoms with Crippen LogP contribution in [0.2, 0.25) is 10.0 Å². The van der Waals surface area contributed by atoms with Crippen molar-refractivity contribution in [2.45, 2.75) is 25.7 Å². The molecule has 2 aliphatic rings. The van der Waals surface area contributed by atoms with E-state index < -0.39 is 0 Å². The molecule has 1 saturated heterocycles. The molecular weight excluding hydrogens is 435 g/mol. The predicted molar refractivity (Wildman–Crippen MR) is 121 cm³/mol. The lowest BCUT2D eigenvalue weighted by molar-refractivity contribution is -0.131. The molecule has 1 aliphatic carbocycles. The van der Waals surface area contributed by atoms with Crippen LogP contribution in [0.25, 0.3) is 16.8 Å². The summed E-state index contributed by atoms with van der Waals surface area (Å²) in [6.07, 6.45) is 3.64. The van der Waals surface area contributed by atoms with Crippen LogP contribution in [0.5, 0.6) is 0 Å². The number of carbonyl (C=O) groups is 1. The first-order valence-electron chi connectivity index (χ1n) is 10.5. The molecule has 1 aliphatic heterocycles. The Bertz CT molecular complexity index is 1180. The highest BCUT2D eigenvalue weighted by Crippen LogP contribution is 2.34. The van der Waals surface area contributed by atoms with E-state index in [1.54, 1.807) is 16.7 Å². The Hall–Kier alpha value is -2.57. The number of rotatable bonds is 5. The van der Waals surface area contributed by atoms with Crippen molar-refractivity contribution >= 4 is 29.1 Å². The van der Waals surface area contributed by atoms with Gasteiger partial charge in [-0.25, -0.2) is 14.5 Å². The third-order valence-corrected chi connectivity index (χ3v) is 6.65. The van der Waals surface area contributed by atoms with Crippen LogP contribution in [0.3, 0.4) is 0 Å². The van der Waals surface area contributed by atoms with Crippen molar-refractivity contribution in [2.24, 2.45) is 11.8 Å². The van der Waals surface area contributed by atoms with Crippen LogP contribution in [0.4, 0.5) is 0 Å². The summed E-state index contributed by atoms with van der Waals surface area (Å²) >= 11 is 12.3. The molecule has 1 saturated carbocycles. The number of halogens is 2. The maximum atomic E-state index is 12.5. The van der Waals surface area contributed by atoms with Crippen molar-refractivity contribution in [3.8, 4) is 16.8 Å². The molecule has 1 aromatic heterocycles. The number of amides is 1. The highest BCUT2D eigenvalue weighted by molar-refractivity contribution is 6.36. The lowest BCUT2D eigenvalue weighted by Crippen LogP contribution is -2.30. The third-order valence-electron chi connectivity index (χ3n) is 6.10. The van der Waals surface area contributed by atoms with Crippen molar-refractivity contribution in [3.05, 3.63) is 68.8 Å². The smallest absolute Gasteiger partial charge is 0.342 e. The minimum Gasteiger partial charge on any atom is -0.342 e. The summed E-state index contributed by atoms with van der Waals surface area (Å²) in [6.45, 7) is 1.54. The Balaban J connectivity index is 1.35. The second-order valence-electron chi connectivity index (χ2n) is 8.37. The zero-order valence-corrected chi connectivity index (χ0v) is 18.4. The van der Waals surface area contributed by atoms with Crippen LogP contribution < -0.4 is 5.69 Å². The number of aromatic nitrogens is 3. The van der Waals surface area contributed by atoms with Crippen molar-refractivity contribution in [1.29, 1.82) is 0 Å². The van der Waals surface area contributed by atoms with Crippen LogP contribution in [0, 0.1) is 11.8 Å². The Morgan fingerprint density at radius 2 is 1.87 bits per heavy atom. The number of benzene rings is 2. The molecule has 2 aromatic carbocycles. The van der Waals surface area contributed by atoms with E-state index >= 15 is 0 Å². The van der Waals surface area contributed by atoms with E-state index in [9.17, 15) is 9.59 Å². The van der Waals surface area contributed by atoms with Gasteiger partial charge in [-0.3, -0.25) is 4.79 Å². The standard InChI is InChI=1S/C23H22Cl2N4O2/c24-17-5-8-19(20(25)12-17)15-3-6-18(7-4-15)29-21(26-27-23(29)31)11-14-9-10-28(13-14)22(30)16-1-2-16/h3-8,12,14,16H,1-2,9-11,13H2,(H,27,31). The third kappa shape index (κ3) is 4.14. The number of nitrogens with zero attached hydrogens (tertiary/aromatic N) is 3. The Morgan fingerprint density at radius 1 is 1.10 bits per heavy atom. The molecule has 2 fully saturated rings. The van der Waals surface area contributed by atoms with E-state index in [4.69, 9.17) is 23.2 Å². The molecule has 160 valence electrons. The highest BCUT2D eigenvalue weighted by Gasteiger charge is 2.36. The van der Waals surface area contributed by atoms with Gasteiger partial charge < -0.3 is 4.90 Å². The molecule has 1 unspecified atom stereocenters. The van der Waals surface area contributed by atoms with Gasteiger partial charge in [0, 0.05) is 41.0 Å². The van der Waals surface area contributed by atoms with Gasteiger partial charge in [-0.15, -0.1) is 0 Å².